The molecule has 0 fully saturated rings. The molecule has 10 heteroatoms. The number of anilines is 1. The number of carbonyl (C=O) groups is 2. The summed E-state index contributed by atoms with van der Waals surface area (Å²) in [5.41, 5.74) is 2.32. The number of aromatic nitrogens is 2. The van der Waals surface area contributed by atoms with Gasteiger partial charge < -0.3 is 19.4 Å². The number of alkyl carbamates (subject to hydrolysis) is 1. The van der Waals surface area contributed by atoms with Crippen LogP contribution in [0.2, 0.25) is 5.02 Å². The van der Waals surface area contributed by atoms with E-state index in [1.807, 2.05) is 52.0 Å². The van der Waals surface area contributed by atoms with Crippen molar-refractivity contribution in [1.82, 2.24) is 15.5 Å². The number of hydrogen-bond donors (Lipinski definition) is 1. The van der Waals surface area contributed by atoms with E-state index in [1.165, 1.54) is 11.8 Å². The van der Waals surface area contributed by atoms with Gasteiger partial charge in [0.2, 0.25) is 11.8 Å². The van der Waals surface area contributed by atoms with Crippen molar-refractivity contribution in [2.45, 2.75) is 77.0 Å². The highest BCUT2D eigenvalue weighted by Crippen LogP contribution is 2.40. The van der Waals surface area contributed by atoms with Crippen LogP contribution >= 0.6 is 23.4 Å². The third kappa shape index (κ3) is 6.50. The van der Waals surface area contributed by atoms with Gasteiger partial charge in [-0.15, -0.1) is 22.0 Å². The van der Waals surface area contributed by atoms with Gasteiger partial charge in [0, 0.05) is 26.6 Å². The zero-order valence-corrected chi connectivity index (χ0v) is 24.3. The predicted molar refractivity (Wildman–Crippen MR) is 150 cm³/mol. The van der Waals surface area contributed by atoms with Gasteiger partial charge in [-0.1, -0.05) is 44.5 Å². The fourth-order valence-electron chi connectivity index (χ4n) is 3.90. The molecule has 3 aromatic rings. The molecule has 2 heterocycles. The number of benzene rings is 2. The number of ether oxygens (including phenoxy) is 1. The summed E-state index contributed by atoms with van der Waals surface area (Å²) in [5, 5.41) is 11.9. The minimum atomic E-state index is -0.783. The van der Waals surface area contributed by atoms with Crippen molar-refractivity contribution < 1.29 is 18.7 Å². The van der Waals surface area contributed by atoms with Gasteiger partial charge in [-0.3, -0.25) is 4.79 Å². The van der Waals surface area contributed by atoms with Crippen LogP contribution in [-0.2, 0) is 21.5 Å². The summed E-state index contributed by atoms with van der Waals surface area (Å²) in [6.45, 7) is 13.6. The molecule has 202 valence electrons. The summed E-state index contributed by atoms with van der Waals surface area (Å²) < 4.78 is 11.5. The fraction of sp³-hybridized carbons (Fsp3) is 0.429. The van der Waals surface area contributed by atoms with Gasteiger partial charge in [-0.25, -0.2) is 4.79 Å². The van der Waals surface area contributed by atoms with Crippen LogP contribution < -0.4 is 10.2 Å². The first kappa shape index (κ1) is 28.0. The Morgan fingerprint density at radius 1 is 1.16 bits per heavy atom. The third-order valence-corrected chi connectivity index (χ3v) is 7.20. The highest BCUT2D eigenvalue weighted by molar-refractivity contribution is 7.99. The molecule has 4 rings (SSSR count). The van der Waals surface area contributed by atoms with Gasteiger partial charge >= 0.3 is 6.09 Å². The van der Waals surface area contributed by atoms with E-state index in [2.05, 4.69) is 15.5 Å². The topological polar surface area (TPSA) is 97.6 Å². The Labute approximate surface area is 232 Å². The Balaban J connectivity index is 1.75. The van der Waals surface area contributed by atoms with Gasteiger partial charge in [-0.05, 0) is 63.1 Å². The number of carbonyl (C=O) groups excluding carboxylic acids is 2. The zero-order chi connectivity index (χ0) is 27.8. The maximum Gasteiger partial charge on any atom is 0.408 e. The van der Waals surface area contributed by atoms with Crippen molar-refractivity contribution in [3.63, 3.8) is 0 Å². The predicted octanol–water partition coefficient (Wildman–Crippen LogP) is 6.53. The van der Waals surface area contributed by atoms with E-state index >= 15 is 0 Å². The molecule has 0 radical (unpaired) electrons. The molecule has 0 unspecified atom stereocenters. The molecule has 0 spiro atoms. The lowest BCUT2D eigenvalue weighted by Crippen LogP contribution is -2.50. The second-order valence-electron chi connectivity index (χ2n) is 11.4. The zero-order valence-electron chi connectivity index (χ0n) is 22.7. The van der Waals surface area contributed by atoms with E-state index < -0.39 is 17.7 Å². The number of fused-ring (bicyclic) bond motifs is 1. The number of thioether (sulfide) groups is 1. The Morgan fingerprint density at radius 3 is 2.45 bits per heavy atom. The SMILES string of the molecule is Cc1cc2c(cc1-c1nnc(C(C)(C)C)o1)N(Cc1ccc(Cl)cc1)C(=O)[C@@H](NC(=O)OC(C)(C)C)CS2. The number of nitrogens with zero attached hydrogens (tertiary/aromatic N) is 3. The summed E-state index contributed by atoms with van der Waals surface area (Å²) in [7, 11) is 0. The summed E-state index contributed by atoms with van der Waals surface area (Å²) in [5.74, 6) is 1.04. The largest absolute Gasteiger partial charge is 0.444 e. The van der Waals surface area contributed by atoms with Crippen molar-refractivity contribution in [3.05, 3.63) is 58.4 Å². The van der Waals surface area contributed by atoms with Crippen molar-refractivity contribution in [1.29, 1.82) is 0 Å². The van der Waals surface area contributed by atoms with Crippen molar-refractivity contribution in [2.75, 3.05) is 10.7 Å². The maximum absolute atomic E-state index is 13.9. The molecule has 2 aromatic carbocycles. The first-order chi connectivity index (χ1) is 17.7. The quantitative estimate of drug-likeness (QED) is 0.390. The molecule has 1 aliphatic rings. The number of nitrogens with one attached hydrogen (secondary N) is 1. The number of amides is 2. The lowest BCUT2D eigenvalue weighted by Gasteiger charge is -2.27. The first-order valence-corrected chi connectivity index (χ1v) is 13.7. The Morgan fingerprint density at radius 2 is 1.84 bits per heavy atom. The normalized spacial score (nSPS) is 16.2. The van der Waals surface area contributed by atoms with Gasteiger partial charge in [0.15, 0.2) is 0 Å². The molecule has 1 atom stereocenters. The van der Waals surface area contributed by atoms with E-state index in [0.29, 0.717) is 28.2 Å². The molecule has 0 saturated heterocycles. The molecular formula is C28H33ClN4O4S. The molecule has 1 aliphatic heterocycles. The van der Waals surface area contributed by atoms with Gasteiger partial charge in [0.05, 0.1) is 12.2 Å². The molecule has 38 heavy (non-hydrogen) atoms. The Kier molecular flexibility index (Phi) is 7.81. The van der Waals surface area contributed by atoms with Gasteiger partial charge in [0.25, 0.3) is 5.91 Å². The van der Waals surface area contributed by atoms with E-state index in [1.54, 1.807) is 37.8 Å². The lowest BCUT2D eigenvalue weighted by molar-refractivity contribution is -0.120. The average Bonchev–Trinajstić information content (AvgIpc) is 3.27. The van der Waals surface area contributed by atoms with Gasteiger partial charge in [-0.2, -0.15) is 0 Å². The van der Waals surface area contributed by atoms with Crippen molar-refractivity contribution in [2.24, 2.45) is 0 Å². The fourth-order valence-corrected chi connectivity index (χ4v) is 5.18. The van der Waals surface area contributed by atoms with Crippen LogP contribution in [0.5, 0.6) is 0 Å². The number of hydrogen-bond acceptors (Lipinski definition) is 7. The summed E-state index contributed by atoms with van der Waals surface area (Å²) in [4.78, 5) is 29.1. The highest BCUT2D eigenvalue weighted by Gasteiger charge is 2.34. The van der Waals surface area contributed by atoms with Crippen LogP contribution in [0.4, 0.5) is 10.5 Å². The molecule has 1 N–H and O–H groups in total. The Hall–Kier alpha value is -3.04. The summed E-state index contributed by atoms with van der Waals surface area (Å²) >= 11 is 7.60. The minimum absolute atomic E-state index is 0.243. The molecule has 0 aliphatic carbocycles. The number of halogens is 1. The van der Waals surface area contributed by atoms with E-state index in [-0.39, 0.29) is 17.9 Å². The molecule has 1 aromatic heterocycles. The second-order valence-corrected chi connectivity index (χ2v) is 12.9. The minimum Gasteiger partial charge on any atom is -0.444 e. The number of rotatable bonds is 4. The van der Waals surface area contributed by atoms with E-state index in [9.17, 15) is 9.59 Å². The van der Waals surface area contributed by atoms with E-state index in [0.717, 1.165) is 21.6 Å². The highest BCUT2D eigenvalue weighted by atomic mass is 35.5. The monoisotopic (exact) mass is 556 g/mol. The summed E-state index contributed by atoms with van der Waals surface area (Å²) in [6.07, 6.45) is -0.633. The summed E-state index contributed by atoms with van der Waals surface area (Å²) in [6, 6.07) is 10.5. The molecule has 8 nitrogen and oxygen atoms in total. The Bertz CT molecular complexity index is 1340. The lowest BCUT2D eigenvalue weighted by atomic mass is 9.97. The molecule has 2 amide bonds. The van der Waals surface area contributed by atoms with E-state index in [4.69, 9.17) is 20.8 Å². The van der Waals surface area contributed by atoms with Gasteiger partial charge in [0.1, 0.15) is 11.6 Å². The number of aryl methyl sites for hydroxylation is 1. The van der Waals surface area contributed by atoms with Crippen LogP contribution in [0.1, 0.15) is 58.6 Å². The van der Waals surface area contributed by atoms with Crippen LogP contribution in [0.15, 0.2) is 45.7 Å². The van der Waals surface area contributed by atoms with Crippen LogP contribution in [0.25, 0.3) is 11.5 Å². The molecular weight excluding hydrogens is 524 g/mol. The smallest absolute Gasteiger partial charge is 0.408 e. The second kappa shape index (κ2) is 10.6. The van der Waals surface area contributed by atoms with Crippen LogP contribution in [0.3, 0.4) is 0 Å². The van der Waals surface area contributed by atoms with Crippen molar-refractivity contribution >= 4 is 41.1 Å². The molecule has 0 saturated carbocycles. The standard InChI is InChI=1S/C28H33ClN4O4S/c1-16-12-22-21(13-19(16)23-31-32-25(36-23)27(2,3)4)33(14-17-8-10-18(29)11-9-17)24(34)20(15-38-22)30-26(35)37-28(5,6)7/h8-13,20H,14-15H2,1-7H3,(H,30,35)/t20-/m0/s1. The van der Waals surface area contributed by atoms with Crippen LogP contribution in [-0.4, -0.2) is 39.6 Å². The maximum atomic E-state index is 13.9. The first-order valence-electron chi connectivity index (χ1n) is 12.4. The molecule has 0 bridgehead atoms. The van der Waals surface area contributed by atoms with Crippen LogP contribution in [0, 0.1) is 6.92 Å². The average molecular weight is 557 g/mol. The van der Waals surface area contributed by atoms with Crippen molar-refractivity contribution in [3.8, 4) is 11.5 Å². The third-order valence-electron chi connectivity index (χ3n) is 5.81.